The second-order valence-corrected chi connectivity index (χ2v) is 11.8. The number of nitrogens with zero attached hydrogens (tertiary/aromatic N) is 4. The fourth-order valence-electron chi connectivity index (χ4n) is 7.15. The van der Waals surface area contributed by atoms with Crippen LogP contribution in [0.3, 0.4) is 0 Å². The van der Waals surface area contributed by atoms with Crippen LogP contribution >= 0.6 is 0 Å². The zero-order valence-electron chi connectivity index (χ0n) is 25.2. The third kappa shape index (κ3) is 3.60. The van der Waals surface area contributed by atoms with Crippen molar-refractivity contribution in [2.24, 2.45) is 0 Å². The van der Waals surface area contributed by atoms with Crippen molar-refractivity contribution in [3.8, 4) is 28.7 Å². The number of aromatic nitrogens is 3. The van der Waals surface area contributed by atoms with Gasteiger partial charge in [-0.3, -0.25) is 4.57 Å². The Morgan fingerprint density at radius 3 is 1.45 bits per heavy atom. The highest BCUT2D eigenvalue weighted by Gasteiger charge is 2.22. The van der Waals surface area contributed by atoms with E-state index in [1.165, 1.54) is 43.8 Å². The number of nitriles is 1. The van der Waals surface area contributed by atoms with E-state index in [-0.39, 0.29) is 0 Å². The quantitative estimate of drug-likeness (QED) is 0.214. The van der Waals surface area contributed by atoms with Crippen molar-refractivity contribution < 1.29 is 0 Å². The molecule has 8 rings (SSSR count). The Morgan fingerprint density at radius 2 is 0.977 bits per heavy atom. The molecule has 210 valence electrons. The minimum atomic E-state index is 0.634. The Hall–Kier alpha value is -5.66. The average molecular weight is 567 g/mol. The third-order valence-electron chi connectivity index (χ3n) is 9.10. The third-order valence-corrected chi connectivity index (χ3v) is 9.10. The van der Waals surface area contributed by atoms with Gasteiger partial charge in [0.05, 0.1) is 45.6 Å². The first kappa shape index (κ1) is 26.0. The van der Waals surface area contributed by atoms with Gasteiger partial charge in [-0.15, -0.1) is 0 Å². The molecule has 0 radical (unpaired) electrons. The molecule has 4 nitrogen and oxygen atoms in total. The van der Waals surface area contributed by atoms with E-state index in [0.29, 0.717) is 5.56 Å². The number of aryl methyl sites for hydroxylation is 4. The molecule has 0 bridgehead atoms. The molecule has 0 aliphatic heterocycles. The van der Waals surface area contributed by atoms with Crippen molar-refractivity contribution in [3.63, 3.8) is 0 Å². The van der Waals surface area contributed by atoms with Crippen LogP contribution in [0.4, 0.5) is 0 Å². The summed E-state index contributed by atoms with van der Waals surface area (Å²) < 4.78 is 4.66. The van der Waals surface area contributed by atoms with E-state index in [1.807, 2.05) is 24.4 Å². The van der Waals surface area contributed by atoms with Gasteiger partial charge in [-0.05, 0) is 62.1 Å². The number of benzene rings is 5. The molecule has 0 saturated carbocycles. The van der Waals surface area contributed by atoms with E-state index < -0.39 is 0 Å². The van der Waals surface area contributed by atoms with E-state index in [1.54, 1.807) is 0 Å². The molecule has 5 aromatic carbocycles. The van der Waals surface area contributed by atoms with Crippen LogP contribution in [-0.4, -0.2) is 14.1 Å². The number of para-hydroxylation sites is 4. The summed E-state index contributed by atoms with van der Waals surface area (Å²) in [5, 5.41) is 15.1. The van der Waals surface area contributed by atoms with Crippen molar-refractivity contribution in [1.29, 1.82) is 5.26 Å². The fourth-order valence-corrected chi connectivity index (χ4v) is 7.15. The zero-order valence-corrected chi connectivity index (χ0v) is 25.2. The Labute approximate surface area is 256 Å². The molecule has 3 aromatic heterocycles. The first-order valence-electron chi connectivity index (χ1n) is 15.0. The maximum absolute atomic E-state index is 10.3. The van der Waals surface area contributed by atoms with Crippen molar-refractivity contribution in [2.75, 3.05) is 0 Å². The monoisotopic (exact) mass is 566 g/mol. The molecular formula is C40H30N4. The van der Waals surface area contributed by atoms with Gasteiger partial charge in [0, 0.05) is 32.7 Å². The van der Waals surface area contributed by atoms with Crippen LogP contribution in [0.25, 0.3) is 66.2 Å². The SMILES string of the molecule is Cc1cccc2c3cccc(C)c3n(-c3cc(-c4ccccc4C#N)c(-n4c5c(C)cccc5c5cccc(C)c54)cn3)c12. The lowest BCUT2D eigenvalue weighted by molar-refractivity contribution is 1.05. The van der Waals surface area contributed by atoms with Crippen LogP contribution in [0.15, 0.2) is 109 Å². The molecule has 8 aromatic rings. The molecular weight excluding hydrogens is 536 g/mol. The summed E-state index contributed by atoms with van der Waals surface area (Å²) in [6, 6.07) is 38.5. The van der Waals surface area contributed by atoms with E-state index in [4.69, 9.17) is 4.98 Å². The second kappa shape index (κ2) is 9.69. The molecule has 4 heteroatoms. The van der Waals surface area contributed by atoms with Gasteiger partial charge >= 0.3 is 0 Å². The standard InChI is InChI=1S/C40H30N4/c1-24-11-7-17-30-31-18-8-12-25(2)38(31)43(37(24)30)35-23-42-36(21-34(35)29-16-6-5-15-28(29)22-41)44-39-26(3)13-9-19-32(39)33-20-10-14-27(4)40(33)44/h5-21,23H,1-4H3. The van der Waals surface area contributed by atoms with Crippen molar-refractivity contribution in [2.45, 2.75) is 27.7 Å². The minimum absolute atomic E-state index is 0.634. The van der Waals surface area contributed by atoms with Gasteiger partial charge in [0.2, 0.25) is 0 Å². The number of fused-ring (bicyclic) bond motifs is 6. The molecule has 0 atom stereocenters. The van der Waals surface area contributed by atoms with Gasteiger partial charge in [0.1, 0.15) is 5.82 Å². The fraction of sp³-hybridized carbons (Fsp3) is 0.100. The predicted octanol–water partition coefficient (Wildman–Crippen LogP) is 10.0. The molecule has 44 heavy (non-hydrogen) atoms. The lowest BCUT2D eigenvalue weighted by Gasteiger charge is -2.18. The normalized spacial score (nSPS) is 11.6. The summed E-state index contributed by atoms with van der Waals surface area (Å²) in [6.07, 6.45) is 2.00. The molecule has 0 fully saturated rings. The summed E-state index contributed by atoms with van der Waals surface area (Å²) in [5.41, 5.74) is 12.8. The van der Waals surface area contributed by atoms with E-state index in [0.717, 1.165) is 44.7 Å². The number of hydrogen-bond donors (Lipinski definition) is 0. The lowest BCUT2D eigenvalue weighted by atomic mass is 9.99. The minimum Gasteiger partial charge on any atom is -0.307 e. The smallest absolute Gasteiger partial charge is 0.138 e. The summed E-state index contributed by atoms with van der Waals surface area (Å²) in [5.74, 6) is 0.828. The molecule has 0 aliphatic carbocycles. The molecule has 0 saturated heterocycles. The summed E-state index contributed by atoms with van der Waals surface area (Å²) in [4.78, 5) is 5.23. The first-order valence-corrected chi connectivity index (χ1v) is 15.0. The Bertz CT molecular complexity index is 2380. The van der Waals surface area contributed by atoms with E-state index in [9.17, 15) is 5.26 Å². The average Bonchev–Trinajstić information content (AvgIpc) is 3.57. The number of pyridine rings is 1. The van der Waals surface area contributed by atoms with E-state index in [2.05, 4.69) is 128 Å². The van der Waals surface area contributed by atoms with Crippen molar-refractivity contribution in [1.82, 2.24) is 14.1 Å². The van der Waals surface area contributed by atoms with Gasteiger partial charge in [0.15, 0.2) is 0 Å². The van der Waals surface area contributed by atoms with Gasteiger partial charge in [-0.25, -0.2) is 4.98 Å². The molecule has 0 amide bonds. The predicted molar refractivity (Wildman–Crippen MR) is 182 cm³/mol. The maximum Gasteiger partial charge on any atom is 0.138 e. The van der Waals surface area contributed by atoms with Crippen LogP contribution in [0, 0.1) is 39.0 Å². The zero-order chi connectivity index (χ0) is 30.1. The van der Waals surface area contributed by atoms with Gasteiger partial charge < -0.3 is 4.57 Å². The van der Waals surface area contributed by atoms with Crippen molar-refractivity contribution in [3.05, 3.63) is 137 Å². The molecule has 0 N–H and O–H groups in total. The maximum atomic E-state index is 10.3. The van der Waals surface area contributed by atoms with Crippen molar-refractivity contribution >= 4 is 43.6 Å². The Balaban J connectivity index is 1.55. The lowest BCUT2D eigenvalue weighted by Crippen LogP contribution is -2.05. The first-order chi connectivity index (χ1) is 21.5. The van der Waals surface area contributed by atoms with Gasteiger partial charge in [-0.1, -0.05) is 91.0 Å². The highest BCUT2D eigenvalue weighted by atomic mass is 15.1. The van der Waals surface area contributed by atoms with Gasteiger partial charge in [0.25, 0.3) is 0 Å². The van der Waals surface area contributed by atoms with Crippen LogP contribution in [0.5, 0.6) is 0 Å². The molecule has 0 aliphatic rings. The van der Waals surface area contributed by atoms with E-state index >= 15 is 0 Å². The molecule has 3 heterocycles. The molecule has 0 spiro atoms. The van der Waals surface area contributed by atoms with Crippen LogP contribution in [0.1, 0.15) is 27.8 Å². The number of hydrogen-bond acceptors (Lipinski definition) is 2. The van der Waals surface area contributed by atoms with Crippen LogP contribution in [-0.2, 0) is 0 Å². The van der Waals surface area contributed by atoms with Gasteiger partial charge in [-0.2, -0.15) is 5.26 Å². The summed E-state index contributed by atoms with van der Waals surface area (Å²) in [6.45, 7) is 8.66. The topological polar surface area (TPSA) is 46.5 Å². The summed E-state index contributed by atoms with van der Waals surface area (Å²) >= 11 is 0. The summed E-state index contributed by atoms with van der Waals surface area (Å²) in [7, 11) is 0. The highest BCUT2D eigenvalue weighted by Crippen LogP contribution is 2.41. The second-order valence-electron chi connectivity index (χ2n) is 11.8. The molecule has 0 unspecified atom stereocenters. The van der Waals surface area contributed by atoms with Crippen LogP contribution in [0.2, 0.25) is 0 Å². The largest absolute Gasteiger partial charge is 0.307 e. The Morgan fingerprint density at radius 1 is 0.523 bits per heavy atom. The number of rotatable bonds is 3. The Kier molecular flexibility index (Phi) is 5.73. The van der Waals surface area contributed by atoms with Crippen LogP contribution < -0.4 is 0 Å². The highest BCUT2D eigenvalue weighted by molar-refractivity contribution is 6.13.